The number of nitrogens with zero attached hydrogens (tertiary/aromatic N) is 1. The van der Waals surface area contributed by atoms with Crippen molar-refractivity contribution >= 4 is 46.3 Å². The number of carbonyl (C=O) groups is 1. The first-order valence-corrected chi connectivity index (χ1v) is 8.15. The highest BCUT2D eigenvalue weighted by Crippen LogP contribution is 2.25. The summed E-state index contributed by atoms with van der Waals surface area (Å²) in [5.74, 6) is 1.41. The maximum Gasteiger partial charge on any atom is 0.236 e. The Labute approximate surface area is 126 Å². The van der Waals surface area contributed by atoms with Crippen LogP contribution in [0.15, 0.2) is 42.5 Å². The Kier molecular flexibility index (Phi) is 5.31. The largest absolute Gasteiger partial charge is 0.315 e. The molecule has 0 aliphatic carbocycles. The summed E-state index contributed by atoms with van der Waals surface area (Å²) in [5, 5.41) is 0. The monoisotopic (exact) mass is 311 g/mol. The van der Waals surface area contributed by atoms with Crippen LogP contribution in [0.2, 0.25) is 4.34 Å². The maximum absolute atomic E-state index is 12.0. The molecule has 0 unspecified atom stereocenters. The Morgan fingerprint density at radius 3 is 2.63 bits per heavy atom. The molecule has 100 valence electrons. The lowest BCUT2D eigenvalue weighted by Crippen LogP contribution is -2.27. The zero-order chi connectivity index (χ0) is 13.7. The molecule has 0 saturated heterocycles. The minimum Gasteiger partial charge on any atom is -0.315 e. The van der Waals surface area contributed by atoms with Crippen molar-refractivity contribution in [3.05, 3.63) is 51.7 Å². The standard InChI is InChI=1S/C14H14ClNOS2/c1-16(11-5-3-2-4-6-11)14(17)10-18-9-12-7-8-13(15)19-12/h2-8H,9-10H2,1H3. The molecule has 19 heavy (non-hydrogen) atoms. The van der Waals surface area contributed by atoms with Crippen LogP contribution >= 0.6 is 34.7 Å². The van der Waals surface area contributed by atoms with E-state index in [1.165, 1.54) is 4.88 Å². The zero-order valence-electron chi connectivity index (χ0n) is 10.5. The van der Waals surface area contributed by atoms with Crippen molar-refractivity contribution in [1.82, 2.24) is 0 Å². The van der Waals surface area contributed by atoms with E-state index in [1.807, 2.05) is 42.5 Å². The molecule has 2 nitrogen and oxygen atoms in total. The second kappa shape index (κ2) is 6.98. The minimum atomic E-state index is 0.110. The van der Waals surface area contributed by atoms with Crippen LogP contribution in [0.25, 0.3) is 0 Å². The maximum atomic E-state index is 12.0. The average molecular weight is 312 g/mol. The summed E-state index contributed by atoms with van der Waals surface area (Å²) < 4.78 is 0.795. The van der Waals surface area contributed by atoms with Gasteiger partial charge in [-0.15, -0.1) is 23.1 Å². The number of para-hydroxylation sites is 1. The molecule has 0 bridgehead atoms. The highest BCUT2D eigenvalue weighted by molar-refractivity contribution is 7.99. The first kappa shape index (κ1) is 14.4. The number of rotatable bonds is 5. The van der Waals surface area contributed by atoms with Crippen molar-refractivity contribution in [1.29, 1.82) is 0 Å². The molecular weight excluding hydrogens is 298 g/mol. The first-order chi connectivity index (χ1) is 9.16. The minimum absolute atomic E-state index is 0.110. The predicted octanol–water partition coefficient (Wildman–Crippen LogP) is 4.30. The van der Waals surface area contributed by atoms with Crippen molar-refractivity contribution < 1.29 is 4.79 Å². The van der Waals surface area contributed by atoms with Gasteiger partial charge in [0.25, 0.3) is 0 Å². The fourth-order valence-electron chi connectivity index (χ4n) is 1.56. The van der Waals surface area contributed by atoms with E-state index in [0.29, 0.717) is 5.75 Å². The number of amides is 1. The van der Waals surface area contributed by atoms with E-state index < -0.39 is 0 Å². The first-order valence-electron chi connectivity index (χ1n) is 5.80. The Morgan fingerprint density at radius 1 is 1.26 bits per heavy atom. The highest BCUT2D eigenvalue weighted by atomic mass is 35.5. The lowest BCUT2D eigenvalue weighted by atomic mass is 10.3. The Morgan fingerprint density at radius 2 is 2.00 bits per heavy atom. The van der Waals surface area contributed by atoms with E-state index in [1.54, 1.807) is 35.0 Å². The van der Waals surface area contributed by atoms with Crippen molar-refractivity contribution in [2.75, 3.05) is 17.7 Å². The van der Waals surface area contributed by atoms with Crippen LogP contribution in [0.3, 0.4) is 0 Å². The molecule has 0 atom stereocenters. The summed E-state index contributed by atoms with van der Waals surface area (Å²) >= 11 is 9.04. The molecule has 1 aromatic carbocycles. The number of anilines is 1. The molecule has 0 spiro atoms. The van der Waals surface area contributed by atoms with Gasteiger partial charge in [0.05, 0.1) is 10.1 Å². The molecule has 1 aromatic heterocycles. The van der Waals surface area contributed by atoms with Crippen LogP contribution in [0, 0.1) is 0 Å². The number of halogens is 1. The van der Waals surface area contributed by atoms with Crippen LogP contribution < -0.4 is 4.90 Å². The second-order valence-corrected chi connectivity index (χ2v) is 6.77. The van der Waals surface area contributed by atoms with Crippen LogP contribution in [-0.2, 0) is 10.5 Å². The van der Waals surface area contributed by atoms with Gasteiger partial charge in [-0.25, -0.2) is 0 Å². The number of carbonyl (C=O) groups excluding carboxylic acids is 1. The quantitative estimate of drug-likeness (QED) is 0.820. The zero-order valence-corrected chi connectivity index (χ0v) is 12.9. The summed E-state index contributed by atoms with van der Waals surface area (Å²) in [7, 11) is 1.81. The Balaban J connectivity index is 1.81. The topological polar surface area (TPSA) is 20.3 Å². The van der Waals surface area contributed by atoms with Crippen LogP contribution in [0.1, 0.15) is 4.88 Å². The van der Waals surface area contributed by atoms with E-state index in [4.69, 9.17) is 11.6 Å². The molecule has 5 heteroatoms. The van der Waals surface area contributed by atoms with Crippen molar-refractivity contribution in [3.63, 3.8) is 0 Å². The smallest absolute Gasteiger partial charge is 0.236 e. The Hall–Kier alpha value is -0.970. The summed E-state index contributed by atoms with van der Waals surface area (Å²) in [6.07, 6.45) is 0. The van der Waals surface area contributed by atoms with Crippen LogP contribution in [-0.4, -0.2) is 18.7 Å². The fraction of sp³-hybridized carbons (Fsp3) is 0.214. The lowest BCUT2D eigenvalue weighted by Gasteiger charge is -2.16. The van der Waals surface area contributed by atoms with Gasteiger partial charge in [-0.1, -0.05) is 29.8 Å². The molecule has 0 N–H and O–H groups in total. The van der Waals surface area contributed by atoms with Gasteiger partial charge in [0.2, 0.25) is 5.91 Å². The van der Waals surface area contributed by atoms with Gasteiger partial charge < -0.3 is 4.90 Å². The molecule has 1 amide bonds. The van der Waals surface area contributed by atoms with Crippen LogP contribution in [0.5, 0.6) is 0 Å². The predicted molar refractivity (Wildman–Crippen MR) is 85.3 cm³/mol. The molecule has 0 aliphatic rings. The van der Waals surface area contributed by atoms with Crippen LogP contribution in [0.4, 0.5) is 5.69 Å². The molecule has 0 saturated carbocycles. The van der Waals surface area contributed by atoms with Gasteiger partial charge in [0.1, 0.15) is 0 Å². The highest BCUT2D eigenvalue weighted by Gasteiger charge is 2.10. The van der Waals surface area contributed by atoms with Crippen molar-refractivity contribution in [2.45, 2.75) is 5.75 Å². The number of benzene rings is 1. The summed E-state index contributed by atoms with van der Waals surface area (Å²) in [5.41, 5.74) is 0.923. The van der Waals surface area contributed by atoms with E-state index in [0.717, 1.165) is 15.8 Å². The molecule has 2 rings (SSSR count). The van der Waals surface area contributed by atoms with Gasteiger partial charge in [-0.2, -0.15) is 0 Å². The SMILES string of the molecule is CN(C(=O)CSCc1ccc(Cl)s1)c1ccccc1. The fourth-order valence-corrected chi connectivity index (χ4v) is 3.70. The van der Waals surface area contributed by atoms with E-state index in [2.05, 4.69) is 0 Å². The van der Waals surface area contributed by atoms with Gasteiger partial charge in [-0.3, -0.25) is 4.79 Å². The van der Waals surface area contributed by atoms with Gasteiger partial charge >= 0.3 is 0 Å². The number of thiophene rings is 1. The molecular formula is C14H14ClNOS2. The lowest BCUT2D eigenvalue weighted by molar-refractivity contribution is -0.115. The molecule has 1 heterocycles. The molecule has 0 fully saturated rings. The number of thioether (sulfide) groups is 1. The molecule has 0 radical (unpaired) electrons. The van der Waals surface area contributed by atoms with Gasteiger partial charge in [0.15, 0.2) is 0 Å². The number of hydrogen-bond donors (Lipinski definition) is 0. The van der Waals surface area contributed by atoms with Crippen molar-refractivity contribution in [2.24, 2.45) is 0 Å². The second-order valence-electron chi connectivity index (χ2n) is 3.99. The number of hydrogen-bond acceptors (Lipinski definition) is 3. The third-order valence-corrected chi connectivity index (χ3v) is 5.00. The summed E-state index contributed by atoms with van der Waals surface area (Å²) in [6.45, 7) is 0. The molecule has 0 aliphatic heterocycles. The van der Waals surface area contributed by atoms with Gasteiger partial charge in [0, 0.05) is 23.4 Å². The van der Waals surface area contributed by atoms with E-state index in [9.17, 15) is 4.79 Å². The van der Waals surface area contributed by atoms with E-state index in [-0.39, 0.29) is 5.91 Å². The summed E-state index contributed by atoms with van der Waals surface area (Å²) in [4.78, 5) is 14.9. The van der Waals surface area contributed by atoms with Gasteiger partial charge in [-0.05, 0) is 24.3 Å². The Bertz CT molecular complexity index is 541. The average Bonchev–Trinajstić information content (AvgIpc) is 2.84. The summed E-state index contributed by atoms with van der Waals surface area (Å²) in [6, 6.07) is 13.6. The van der Waals surface area contributed by atoms with Crippen molar-refractivity contribution in [3.8, 4) is 0 Å². The van der Waals surface area contributed by atoms with E-state index >= 15 is 0 Å². The third-order valence-electron chi connectivity index (χ3n) is 2.62. The molecule has 2 aromatic rings. The third kappa shape index (κ3) is 4.27. The normalized spacial score (nSPS) is 10.4.